The van der Waals surface area contributed by atoms with Gasteiger partial charge in [0, 0.05) is 25.2 Å². The number of nitrogens with one attached hydrogen (secondary N) is 1. The van der Waals surface area contributed by atoms with E-state index in [0.29, 0.717) is 18.5 Å². The van der Waals surface area contributed by atoms with Crippen LogP contribution in [-0.4, -0.2) is 40.6 Å². The van der Waals surface area contributed by atoms with Crippen molar-refractivity contribution in [3.8, 4) is 0 Å². The summed E-state index contributed by atoms with van der Waals surface area (Å²) in [6, 6.07) is 2.02. The summed E-state index contributed by atoms with van der Waals surface area (Å²) in [7, 11) is 0. The van der Waals surface area contributed by atoms with Crippen LogP contribution in [0.25, 0.3) is 0 Å². The fraction of sp³-hybridized carbons (Fsp3) is 0.667. The first-order chi connectivity index (χ1) is 8.06. The number of H-pyrrole nitrogens is 1. The van der Waals surface area contributed by atoms with E-state index in [1.165, 1.54) is 6.07 Å². The molecule has 0 bridgehead atoms. The Kier molecular flexibility index (Phi) is 3.59. The van der Waals surface area contributed by atoms with E-state index in [-0.39, 0.29) is 11.7 Å². The van der Waals surface area contributed by atoms with Gasteiger partial charge in [0.05, 0.1) is 12.3 Å². The van der Waals surface area contributed by atoms with E-state index in [2.05, 4.69) is 28.7 Å². The van der Waals surface area contributed by atoms with E-state index < -0.39 is 0 Å². The Balaban J connectivity index is 2.18. The number of hydrogen-bond donors (Lipinski definition) is 1. The average Bonchev–Trinajstić information content (AvgIpc) is 2.28. The van der Waals surface area contributed by atoms with E-state index in [0.717, 1.165) is 18.8 Å². The lowest BCUT2D eigenvalue weighted by molar-refractivity contribution is -0.0423. The van der Waals surface area contributed by atoms with Crippen molar-refractivity contribution in [3.63, 3.8) is 0 Å². The number of morpholine rings is 1. The van der Waals surface area contributed by atoms with Gasteiger partial charge >= 0.3 is 0 Å². The molecule has 0 saturated carbocycles. The van der Waals surface area contributed by atoms with E-state index in [4.69, 9.17) is 4.74 Å². The van der Waals surface area contributed by atoms with Gasteiger partial charge in [0.25, 0.3) is 5.56 Å². The van der Waals surface area contributed by atoms with Crippen LogP contribution in [-0.2, 0) is 4.74 Å². The molecule has 5 heteroatoms. The summed E-state index contributed by atoms with van der Waals surface area (Å²) in [5.74, 6) is 0.637. The molecule has 2 rings (SSSR count). The Hall–Kier alpha value is -1.20. The summed E-state index contributed by atoms with van der Waals surface area (Å²) >= 11 is 0. The fourth-order valence-corrected chi connectivity index (χ4v) is 2.08. The first-order valence-electron chi connectivity index (χ1n) is 6.00. The Morgan fingerprint density at radius 1 is 1.59 bits per heavy atom. The average molecular weight is 237 g/mol. The summed E-state index contributed by atoms with van der Waals surface area (Å²) < 4.78 is 5.70. The van der Waals surface area contributed by atoms with Crippen LogP contribution >= 0.6 is 0 Å². The fourth-order valence-electron chi connectivity index (χ4n) is 2.08. The van der Waals surface area contributed by atoms with Crippen LogP contribution in [0.15, 0.2) is 10.9 Å². The highest BCUT2D eigenvalue weighted by atomic mass is 16.5. The molecule has 1 saturated heterocycles. The van der Waals surface area contributed by atoms with Crippen LogP contribution in [0, 0.1) is 6.92 Å². The number of rotatable bonds is 2. The van der Waals surface area contributed by atoms with Crippen LogP contribution < -0.4 is 5.56 Å². The number of aryl methyl sites for hydroxylation is 1. The van der Waals surface area contributed by atoms with Gasteiger partial charge in [-0.1, -0.05) is 0 Å². The molecule has 1 aliphatic rings. The van der Waals surface area contributed by atoms with Gasteiger partial charge in [-0.15, -0.1) is 0 Å². The molecule has 5 nitrogen and oxygen atoms in total. The highest BCUT2D eigenvalue weighted by molar-refractivity contribution is 5.07. The van der Waals surface area contributed by atoms with Crippen molar-refractivity contribution in [1.82, 2.24) is 14.9 Å². The molecule has 0 radical (unpaired) electrons. The number of nitrogens with zero attached hydrogens (tertiary/aromatic N) is 2. The molecule has 1 fully saturated rings. The zero-order valence-electron chi connectivity index (χ0n) is 10.6. The second kappa shape index (κ2) is 4.98. The molecule has 2 heterocycles. The molecule has 17 heavy (non-hydrogen) atoms. The summed E-state index contributed by atoms with van der Waals surface area (Å²) in [5.41, 5.74) is 0.620. The highest BCUT2D eigenvalue weighted by Gasteiger charge is 2.24. The number of aromatic amines is 1. The van der Waals surface area contributed by atoms with Gasteiger partial charge in [0.2, 0.25) is 0 Å². The maximum Gasteiger partial charge on any atom is 0.251 e. The molecule has 1 aromatic heterocycles. The summed E-state index contributed by atoms with van der Waals surface area (Å²) in [4.78, 5) is 20.7. The molecule has 0 aromatic carbocycles. The third-order valence-corrected chi connectivity index (χ3v) is 3.04. The van der Waals surface area contributed by atoms with Gasteiger partial charge in [-0.25, -0.2) is 4.98 Å². The van der Waals surface area contributed by atoms with E-state index in [9.17, 15) is 4.79 Å². The molecule has 1 unspecified atom stereocenters. The molecule has 94 valence electrons. The molecule has 0 amide bonds. The minimum absolute atomic E-state index is 0.0906. The molecular weight excluding hydrogens is 218 g/mol. The number of hydrogen-bond acceptors (Lipinski definition) is 4. The maximum atomic E-state index is 11.4. The van der Waals surface area contributed by atoms with Gasteiger partial charge < -0.3 is 9.72 Å². The van der Waals surface area contributed by atoms with Crippen molar-refractivity contribution in [3.05, 3.63) is 27.9 Å². The topological polar surface area (TPSA) is 58.2 Å². The lowest BCUT2D eigenvalue weighted by Crippen LogP contribution is -2.42. The van der Waals surface area contributed by atoms with Crippen molar-refractivity contribution in [2.45, 2.75) is 32.9 Å². The third-order valence-electron chi connectivity index (χ3n) is 3.04. The highest BCUT2D eigenvalue weighted by Crippen LogP contribution is 2.20. The van der Waals surface area contributed by atoms with Crippen LogP contribution in [0.2, 0.25) is 0 Å². The molecule has 1 N–H and O–H groups in total. The van der Waals surface area contributed by atoms with Gasteiger partial charge in [0.15, 0.2) is 0 Å². The van der Waals surface area contributed by atoms with Crippen molar-refractivity contribution in [2.24, 2.45) is 0 Å². The van der Waals surface area contributed by atoms with E-state index >= 15 is 0 Å². The first kappa shape index (κ1) is 12.3. The molecule has 1 aliphatic heterocycles. The SMILES string of the molecule is Cc1nc(C2CN(C(C)C)CCO2)cc(=O)[nH]1. The minimum Gasteiger partial charge on any atom is -0.369 e. The van der Waals surface area contributed by atoms with Crippen molar-refractivity contribution in [2.75, 3.05) is 19.7 Å². The Morgan fingerprint density at radius 2 is 2.35 bits per heavy atom. The molecule has 1 aromatic rings. The minimum atomic E-state index is -0.113. The normalized spacial score (nSPS) is 22.0. The van der Waals surface area contributed by atoms with Crippen LogP contribution in [0.5, 0.6) is 0 Å². The first-order valence-corrected chi connectivity index (χ1v) is 6.00. The monoisotopic (exact) mass is 237 g/mol. The zero-order chi connectivity index (χ0) is 12.4. The molecule has 0 spiro atoms. The van der Waals surface area contributed by atoms with E-state index in [1.807, 2.05) is 0 Å². The van der Waals surface area contributed by atoms with Crippen LogP contribution in [0.3, 0.4) is 0 Å². The summed E-state index contributed by atoms with van der Waals surface area (Å²) in [5, 5.41) is 0. The second-order valence-corrected chi connectivity index (χ2v) is 4.70. The standard InChI is InChI=1S/C12H19N3O2/c1-8(2)15-4-5-17-11(7-15)10-6-12(16)14-9(3)13-10/h6,8,11H,4-5,7H2,1-3H3,(H,13,14,16). The van der Waals surface area contributed by atoms with Gasteiger partial charge in [-0.05, 0) is 20.8 Å². The van der Waals surface area contributed by atoms with Crippen molar-refractivity contribution >= 4 is 0 Å². The Morgan fingerprint density at radius 3 is 3.00 bits per heavy atom. The Labute approximate surface area is 101 Å². The quantitative estimate of drug-likeness (QED) is 0.829. The van der Waals surface area contributed by atoms with Gasteiger partial charge in [-0.3, -0.25) is 9.69 Å². The second-order valence-electron chi connectivity index (χ2n) is 4.70. The maximum absolute atomic E-state index is 11.4. The number of aromatic nitrogens is 2. The van der Waals surface area contributed by atoms with Gasteiger partial charge in [-0.2, -0.15) is 0 Å². The lowest BCUT2D eigenvalue weighted by atomic mass is 10.1. The predicted octanol–water partition coefficient (Wildman–Crippen LogP) is 0.860. The zero-order valence-corrected chi connectivity index (χ0v) is 10.6. The van der Waals surface area contributed by atoms with E-state index in [1.54, 1.807) is 6.92 Å². The number of ether oxygens (including phenoxy) is 1. The largest absolute Gasteiger partial charge is 0.369 e. The lowest BCUT2D eigenvalue weighted by Gasteiger charge is -2.35. The van der Waals surface area contributed by atoms with Crippen LogP contribution in [0.1, 0.15) is 31.5 Å². The van der Waals surface area contributed by atoms with Gasteiger partial charge in [0.1, 0.15) is 11.9 Å². The van der Waals surface area contributed by atoms with Crippen molar-refractivity contribution < 1.29 is 4.74 Å². The molecule has 1 atom stereocenters. The van der Waals surface area contributed by atoms with Crippen molar-refractivity contribution in [1.29, 1.82) is 0 Å². The Bertz CT molecular complexity index is 442. The summed E-state index contributed by atoms with van der Waals surface area (Å²) in [6.45, 7) is 8.55. The summed E-state index contributed by atoms with van der Waals surface area (Å²) in [6.07, 6.45) is -0.0906. The molecular formula is C12H19N3O2. The molecule has 0 aliphatic carbocycles. The third kappa shape index (κ3) is 2.92. The predicted molar refractivity (Wildman–Crippen MR) is 65.0 cm³/mol. The smallest absolute Gasteiger partial charge is 0.251 e. The van der Waals surface area contributed by atoms with Crippen LogP contribution in [0.4, 0.5) is 0 Å².